The summed E-state index contributed by atoms with van der Waals surface area (Å²) in [4.78, 5) is 14.4. The number of anilines is 3. The zero-order valence-corrected chi connectivity index (χ0v) is 15.4. The van der Waals surface area contributed by atoms with Crippen molar-refractivity contribution in [2.75, 3.05) is 23.1 Å². The van der Waals surface area contributed by atoms with E-state index < -0.39 is 0 Å². The molecule has 0 aromatic carbocycles. The second kappa shape index (κ2) is 7.32. The highest BCUT2D eigenvalue weighted by Gasteiger charge is 2.16. The van der Waals surface area contributed by atoms with Gasteiger partial charge in [-0.15, -0.1) is 11.3 Å². The van der Waals surface area contributed by atoms with Gasteiger partial charge in [0.05, 0.1) is 9.88 Å². The van der Waals surface area contributed by atoms with Crippen LogP contribution in [0, 0.1) is 6.92 Å². The van der Waals surface area contributed by atoms with Crippen molar-refractivity contribution in [1.82, 2.24) is 15.0 Å². The van der Waals surface area contributed by atoms with E-state index in [1.165, 1.54) is 11.3 Å². The molecule has 0 unspecified atom stereocenters. The number of nitrogens with two attached hydrogens (primary N) is 1. The monoisotopic (exact) mass is 365 g/mol. The van der Waals surface area contributed by atoms with Gasteiger partial charge in [-0.25, -0.2) is 9.97 Å². The third kappa shape index (κ3) is 3.55. The predicted molar refractivity (Wildman–Crippen MR) is 109 cm³/mol. The van der Waals surface area contributed by atoms with E-state index in [1.807, 2.05) is 31.2 Å². The molecular formula is C18H19N7S. The Balaban J connectivity index is 2.05. The van der Waals surface area contributed by atoms with Gasteiger partial charge in [0.2, 0.25) is 0 Å². The summed E-state index contributed by atoms with van der Waals surface area (Å²) in [5.41, 5.74) is 8.16. The molecular weight excluding hydrogens is 346 g/mol. The van der Waals surface area contributed by atoms with Gasteiger partial charge in [0, 0.05) is 43.0 Å². The van der Waals surface area contributed by atoms with Crippen LogP contribution in [0.1, 0.15) is 10.4 Å². The van der Waals surface area contributed by atoms with E-state index in [0.717, 1.165) is 21.0 Å². The minimum atomic E-state index is 0.537. The Kier molecular flexibility index (Phi) is 4.94. The fourth-order valence-corrected chi connectivity index (χ4v) is 3.05. The van der Waals surface area contributed by atoms with Crippen molar-refractivity contribution in [3.63, 3.8) is 0 Å². The number of nitrogen functional groups attached to an aromatic ring is 1. The van der Waals surface area contributed by atoms with Gasteiger partial charge in [0.15, 0.2) is 11.6 Å². The third-order valence-corrected chi connectivity index (χ3v) is 4.73. The molecule has 3 N–H and O–H groups in total. The van der Waals surface area contributed by atoms with Crippen molar-refractivity contribution in [1.29, 1.82) is 0 Å². The SMILES string of the molecule is C=NN(C)c1nc(-c2cccnc2)nc(NC(=C)c2ccc(N)s2)c1C. The van der Waals surface area contributed by atoms with Crippen LogP contribution in [-0.2, 0) is 0 Å². The van der Waals surface area contributed by atoms with Crippen LogP contribution in [0.4, 0.5) is 16.6 Å². The summed E-state index contributed by atoms with van der Waals surface area (Å²) in [6, 6.07) is 7.52. The maximum Gasteiger partial charge on any atom is 0.165 e. The van der Waals surface area contributed by atoms with Crippen LogP contribution in [0.3, 0.4) is 0 Å². The summed E-state index contributed by atoms with van der Waals surface area (Å²) in [6.07, 6.45) is 3.42. The molecule has 0 aliphatic heterocycles. The number of thiophene rings is 1. The van der Waals surface area contributed by atoms with Gasteiger partial charge in [-0.2, -0.15) is 5.10 Å². The number of nitrogens with one attached hydrogen (secondary N) is 1. The summed E-state index contributed by atoms with van der Waals surface area (Å²) in [6.45, 7) is 9.59. The lowest BCUT2D eigenvalue weighted by atomic mass is 10.2. The number of pyridine rings is 1. The van der Waals surface area contributed by atoms with Crippen LogP contribution in [-0.4, -0.2) is 28.7 Å². The van der Waals surface area contributed by atoms with E-state index in [-0.39, 0.29) is 0 Å². The number of aromatic nitrogens is 3. The van der Waals surface area contributed by atoms with Crippen molar-refractivity contribution >= 4 is 40.4 Å². The minimum Gasteiger partial charge on any atom is -0.391 e. The van der Waals surface area contributed by atoms with Crippen LogP contribution in [0.15, 0.2) is 48.3 Å². The molecule has 0 saturated carbocycles. The standard InChI is InChI=1S/C18H19N7S/c1-11-16(22-12(2)14-7-8-15(19)26-14)23-17(13-6-5-9-21-10-13)24-18(11)25(4)20-3/h5-10H,2-3,19H2,1,4H3,(H,22,23,24). The van der Waals surface area contributed by atoms with Gasteiger partial charge >= 0.3 is 0 Å². The first kappa shape index (κ1) is 17.6. The Labute approximate surface area is 155 Å². The molecule has 0 radical (unpaired) electrons. The average Bonchev–Trinajstić information content (AvgIpc) is 3.10. The highest BCUT2D eigenvalue weighted by Crippen LogP contribution is 2.30. The summed E-state index contributed by atoms with van der Waals surface area (Å²) in [5.74, 6) is 1.83. The molecule has 7 nitrogen and oxygen atoms in total. The van der Waals surface area contributed by atoms with Crippen LogP contribution in [0.5, 0.6) is 0 Å². The predicted octanol–water partition coefficient (Wildman–Crippen LogP) is 3.63. The van der Waals surface area contributed by atoms with Gasteiger partial charge in [0.25, 0.3) is 0 Å². The molecule has 3 aromatic rings. The molecule has 0 saturated heterocycles. The number of hydrogen-bond acceptors (Lipinski definition) is 8. The van der Waals surface area contributed by atoms with Crippen LogP contribution in [0.25, 0.3) is 17.1 Å². The van der Waals surface area contributed by atoms with Crippen molar-refractivity contribution < 1.29 is 0 Å². The zero-order valence-electron chi connectivity index (χ0n) is 14.6. The number of hydrazone groups is 1. The molecule has 3 aromatic heterocycles. The molecule has 0 fully saturated rings. The Morgan fingerprint density at radius 3 is 2.73 bits per heavy atom. The molecule has 0 atom stereocenters. The number of rotatable bonds is 6. The highest BCUT2D eigenvalue weighted by molar-refractivity contribution is 7.16. The van der Waals surface area contributed by atoms with Gasteiger partial charge in [-0.05, 0) is 31.2 Å². The molecule has 132 valence electrons. The maximum atomic E-state index is 5.81. The Morgan fingerprint density at radius 1 is 1.31 bits per heavy atom. The van der Waals surface area contributed by atoms with E-state index >= 15 is 0 Å². The van der Waals surface area contributed by atoms with E-state index in [9.17, 15) is 0 Å². The molecule has 8 heteroatoms. The lowest BCUT2D eigenvalue weighted by Gasteiger charge is -2.18. The molecule has 3 heterocycles. The first-order valence-electron chi connectivity index (χ1n) is 7.80. The van der Waals surface area contributed by atoms with Gasteiger partial charge in [-0.3, -0.25) is 9.99 Å². The Bertz CT molecular complexity index is 949. The Hall–Kier alpha value is -3.26. The molecule has 0 aliphatic rings. The molecule has 0 amide bonds. The van der Waals surface area contributed by atoms with E-state index in [0.29, 0.717) is 23.2 Å². The highest BCUT2D eigenvalue weighted by atomic mass is 32.1. The van der Waals surface area contributed by atoms with Crippen molar-refractivity contribution in [2.45, 2.75) is 6.92 Å². The van der Waals surface area contributed by atoms with Crippen molar-refractivity contribution in [2.24, 2.45) is 5.10 Å². The van der Waals surface area contributed by atoms with E-state index in [2.05, 4.69) is 38.7 Å². The molecule has 3 rings (SSSR count). The maximum absolute atomic E-state index is 5.81. The summed E-state index contributed by atoms with van der Waals surface area (Å²) in [5, 5.41) is 9.55. The second-order valence-electron chi connectivity index (χ2n) is 5.56. The van der Waals surface area contributed by atoms with E-state index in [4.69, 9.17) is 5.73 Å². The molecule has 26 heavy (non-hydrogen) atoms. The topological polar surface area (TPSA) is 92.3 Å². The van der Waals surface area contributed by atoms with Gasteiger partial charge < -0.3 is 11.1 Å². The number of hydrogen-bond donors (Lipinski definition) is 2. The first-order valence-corrected chi connectivity index (χ1v) is 8.62. The van der Waals surface area contributed by atoms with Gasteiger partial charge in [0.1, 0.15) is 5.82 Å². The van der Waals surface area contributed by atoms with Gasteiger partial charge in [-0.1, -0.05) is 6.58 Å². The molecule has 0 aliphatic carbocycles. The molecule has 0 bridgehead atoms. The second-order valence-corrected chi connectivity index (χ2v) is 6.67. The van der Waals surface area contributed by atoms with E-state index in [1.54, 1.807) is 24.5 Å². The third-order valence-electron chi connectivity index (χ3n) is 3.75. The smallest absolute Gasteiger partial charge is 0.165 e. The van der Waals surface area contributed by atoms with Crippen molar-refractivity contribution in [3.8, 4) is 11.4 Å². The first-order chi connectivity index (χ1) is 12.5. The van der Waals surface area contributed by atoms with Crippen molar-refractivity contribution in [3.05, 3.63) is 53.7 Å². The Morgan fingerprint density at radius 2 is 2.12 bits per heavy atom. The lowest BCUT2D eigenvalue weighted by molar-refractivity contribution is 0.961. The summed E-state index contributed by atoms with van der Waals surface area (Å²) in [7, 11) is 1.79. The largest absolute Gasteiger partial charge is 0.391 e. The average molecular weight is 365 g/mol. The zero-order chi connectivity index (χ0) is 18.7. The number of nitrogens with zero attached hydrogens (tertiary/aromatic N) is 5. The fraction of sp³-hybridized carbons (Fsp3) is 0.111. The van der Waals surface area contributed by atoms with Crippen LogP contribution < -0.4 is 16.1 Å². The van der Waals surface area contributed by atoms with Crippen LogP contribution in [0.2, 0.25) is 0 Å². The fourth-order valence-electron chi connectivity index (χ4n) is 2.35. The summed E-state index contributed by atoms with van der Waals surface area (Å²) < 4.78 is 0. The quantitative estimate of drug-likeness (QED) is 0.512. The normalized spacial score (nSPS) is 10.4. The minimum absolute atomic E-state index is 0.537. The van der Waals surface area contributed by atoms with Crippen LogP contribution >= 0.6 is 11.3 Å². The summed E-state index contributed by atoms with van der Waals surface area (Å²) >= 11 is 1.46. The molecule has 0 spiro atoms. The lowest BCUT2D eigenvalue weighted by Crippen LogP contribution is -2.14.